The predicted octanol–water partition coefficient (Wildman–Crippen LogP) is 4.67. The molecule has 2 fully saturated rings. The number of hydrogen-bond donors (Lipinski definition) is 0. The minimum absolute atomic E-state index is 0.204. The number of likely N-dealkylation sites (tertiary alicyclic amines) is 1. The first-order valence-electron chi connectivity index (χ1n) is 15.3. The zero-order chi connectivity index (χ0) is 30.6. The maximum absolute atomic E-state index is 13.6. The number of benzene rings is 2. The lowest BCUT2D eigenvalue weighted by atomic mass is 9.91. The SMILES string of the molecule is COC(=O)CN1CCC(c2nn(Cc3ccc(F)cc3)c3cc(CCN4CCN(C(=O)OC(C)(C)C)CC4)ccc23)CC1. The van der Waals surface area contributed by atoms with Crippen molar-refractivity contribution in [2.75, 3.05) is 59.5 Å². The van der Waals surface area contributed by atoms with Crippen LogP contribution in [0.5, 0.6) is 0 Å². The Morgan fingerprint density at radius 1 is 0.930 bits per heavy atom. The summed E-state index contributed by atoms with van der Waals surface area (Å²) in [6.45, 7) is 12.1. The number of esters is 1. The van der Waals surface area contributed by atoms with Gasteiger partial charge in [-0.2, -0.15) is 5.10 Å². The predicted molar refractivity (Wildman–Crippen MR) is 164 cm³/mol. The molecule has 5 rings (SSSR count). The van der Waals surface area contributed by atoms with Gasteiger partial charge in [-0.25, -0.2) is 9.18 Å². The molecule has 3 heterocycles. The van der Waals surface area contributed by atoms with E-state index in [4.69, 9.17) is 14.6 Å². The number of fused-ring (bicyclic) bond motifs is 1. The number of hydrogen-bond acceptors (Lipinski definition) is 7. The number of carbonyl (C=O) groups excluding carboxylic acids is 2. The van der Waals surface area contributed by atoms with Crippen LogP contribution < -0.4 is 0 Å². The highest BCUT2D eigenvalue weighted by molar-refractivity contribution is 5.83. The van der Waals surface area contributed by atoms with Crippen molar-refractivity contribution in [1.82, 2.24) is 24.5 Å². The highest BCUT2D eigenvalue weighted by Crippen LogP contribution is 2.33. The van der Waals surface area contributed by atoms with Crippen LogP contribution in [0.1, 0.15) is 56.4 Å². The van der Waals surface area contributed by atoms with Crippen LogP contribution in [0, 0.1) is 5.82 Å². The average molecular weight is 594 g/mol. The van der Waals surface area contributed by atoms with Crippen LogP contribution in [0.3, 0.4) is 0 Å². The van der Waals surface area contributed by atoms with Gasteiger partial charge in [-0.15, -0.1) is 0 Å². The van der Waals surface area contributed by atoms with E-state index in [9.17, 15) is 14.0 Å². The van der Waals surface area contributed by atoms with Crippen molar-refractivity contribution in [2.24, 2.45) is 0 Å². The molecule has 0 unspecified atom stereocenters. The molecule has 0 radical (unpaired) electrons. The minimum atomic E-state index is -0.488. The van der Waals surface area contributed by atoms with E-state index in [1.165, 1.54) is 24.8 Å². The van der Waals surface area contributed by atoms with Crippen LogP contribution in [0.15, 0.2) is 42.5 Å². The Labute approximate surface area is 253 Å². The quantitative estimate of drug-likeness (QED) is 0.351. The molecule has 2 aliphatic heterocycles. The van der Waals surface area contributed by atoms with Gasteiger partial charge >= 0.3 is 12.1 Å². The molecule has 1 amide bonds. The van der Waals surface area contributed by atoms with E-state index in [-0.39, 0.29) is 17.9 Å². The molecule has 43 heavy (non-hydrogen) atoms. The first-order chi connectivity index (χ1) is 20.6. The highest BCUT2D eigenvalue weighted by Gasteiger charge is 2.28. The number of ether oxygens (including phenoxy) is 2. The molecule has 0 bridgehead atoms. The second-order valence-electron chi connectivity index (χ2n) is 12.7. The molecule has 2 saturated heterocycles. The monoisotopic (exact) mass is 593 g/mol. The molecular weight excluding hydrogens is 549 g/mol. The van der Waals surface area contributed by atoms with E-state index in [2.05, 4.69) is 32.7 Å². The fraction of sp³-hybridized carbons (Fsp3) is 0.545. The summed E-state index contributed by atoms with van der Waals surface area (Å²) in [4.78, 5) is 30.5. The number of rotatable bonds is 8. The molecule has 232 valence electrons. The summed E-state index contributed by atoms with van der Waals surface area (Å²) >= 11 is 0. The van der Waals surface area contributed by atoms with Crippen molar-refractivity contribution < 1.29 is 23.5 Å². The van der Waals surface area contributed by atoms with E-state index >= 15 is 0 Å². The molecule has 1 aromatic heterocycles. The van der Waals surface area contributed by atoms with Crippen molar-refractivity contribution in [3.05, 3.63) is 65.1 Å². The lowest BCUT2D eigenvalue weighted by Gasteiger charge is -2.35. The Morgan fingerprint density at radius 3 is 2.26 bits per heavy atom. The Balaban J connectivity index is 1.28. The Morgan fingerprint density at radius 2 is 1.60 bits per heavy atom. The topological polar surface area (TPSA) is 80.1 Å². The van der Waals surface area contributed by atoms with Gasteiger partial charge < -0.3 is 14.4 Å². The zero-order valence-corrected chi connectivity index (χ0v) is 25.9. The Kier molecular flexibility index (Phi) is 9.66. The molecule has 9 nitrogen and oxygen atoms in total. The number of halogens is 1. The average Bonchev–Trinajstić information content (AvgIpc) is 3.34. The number of piperidine rings is 1. The van der Waals surface area contributed by atoms with Crippen LogP contribution in [0.4, 0.5) is 9.18 Å². The van der Waals surface area contributed by atoms with Gasteiger partial charge in [0.05, 0.1) is 31.4 Å². The van der Waals surface area contributed by atoms with Crippen LogP contribution in [0.25, 0.3) is 10.9 Å². The standard InChI is InChI=1S/C33H44FN5O4/c1-33(2,3)43-32(41)38-19-17-36(18-20-38)14-11-24-7-10-28-29(21-24)39(22-25-5-8-27(34)9-6-25)35-31(28)26-12-15-37(16-13-26)23-30(40)42-4/h5-10,21,26H,11-20,22-23H2,1-4H3. The van der Waals surface area contributed by atoms with Gasteiger partial charge in [0, 0.05) is 44.0 Å². The van der Waals surface area contributed by atoms with Crippen molar-refractivity contribution >= 4 is 23.0 Å². The molecular formula is C33H44FN5O4. The van der Waals surface area contributed by atoms with Gasteiger partial charge in [0.15, 0.2) is 0 Å². The van der Waals surface area contributed by atoms with E-state index in [1.807, 2.05) is 32.9 Å². The normalized spacial score (nSPS) is 17.4. The molecule has 0 N–H and O–H groups in total. The lowest BCUT2D eigenvalue weighted by Crippen LogP contribution is -2.50. The fourth-order valence-electron chi connectivity index (χ4n) is 5.96. The first kappa shape index (κ1) is 30.9. The highest BCUT2D eigenvalue weighted by atomic mass is 19.1. The minimum Gasteiger partial charge on any atom is -0.468 e. The van der Waals surface area contributed by atoms with Gasteiger partial charge in [-0.1, -0.05) is 24.3 Å². The largest absolute Gasteiger partial charge is 0.468 e. The number of piperazine rings is 1. The molecule has 0 saturated carbocycles. The third kappa shape index (κ3) is 8.12. The molecule has 3 aromatic rings. The van der Waals surface area contributed by atoms with Crippen molar-refractivity contribution in [2.45, 2.75) is 58.1 Å². The molecule has 0 spiro atoms. The van der Waals surface area contributed by atoms with E-state index in [0.29, 0.717) is 32.1 Å². The third-order valence-corrected chi connectivity index (χ3v) is 8.39. The van der Waals surface area contributed by atoms with Crippen LogP contribution >= 0.6 is 0 Å². The summed E-state index contributed by atoms with van der Waals surface area (Å²) in [7, 11) is 1.43. The Bertz CT molecular complexity index is 1400. The summed E-state index contributed by atoms with van der Waals surface area (Å²) < 4.78 is 26.0. The number of nitrogens with zero attached hydrogens (tertiary/aromatic N) is 5. The van der Waals surface area contributed by atoms with Crippen molar-refractivity contribution in [3.63, 3.8) is 0 Å². The van der Waals surface area contributed by atoms with Crippen molar-refractivity contribution in [3.8, 4) is 0 Å². The first-order valence-corrected chi connectivity index (χ1v) is 15.3. The smallest absolute Gasteiger partial charge is 0.410 e. The number of methoxy groups -OCH3 is 1. The summed E-state index contributed by atoms with van der Waals surface area (Å²) in [5.74, 6) is -0.148. The summed E-state index contributed by atoms with van der Waals surface area (Å²) in [5.41, 5.74) is 3.93. The maximum Gasteiger partial charge on any atom is 0.410 e. The molecule has 2 aliphatic rings. The van der Waals surface area contributed by atoms with Gasteiger partial charge in [-0.3, -0.25) is 19.3 Å². The summed E-state index contributed by atoms with van der Waals surface area (Å²) in [6.07, 6.45) is 2.51. The maximum atomic E-state index is 13.6. The van der Waals surface area contributed by atoms with Gasteiger partial charge in [0.1, 0.15) is 11.4 Å². The zero-order valence-electron chi connectivity index (χ0n) is 25.9. The second kappa shape index (κ2) is 13.4. The van der Waals surface area contributed by atoms with E-state index < -0.39 is 5.60 Å². The van der Waals surface area contributed by atoms with Crippen LogP contribution in [0.2, 0.25) is 0 Å². The van der Waals surface area contributed by atoms with Gasteiger partial charge in [0.25, 0.3) is 0 Å². The third-order valence-electron chi connectivity index (χ3n) is 8.39. The van der Waals surface area contributed by atoms with Crippen molar-refractivity contribution in [1.29, 1.82) is 0 Å². The number of aromatic nitrogens is 2. The fourth-order valence-corrected chi connectivity index (χ4v) is 5.96. The van der Waals surface area contributed by atoms with Crippen LogP contribution in [-0.2, 0) is 27.2 Å². The lowest BCUT2D eigenvalue weighted by molar-refractivity contribution is -0.142. The molecule has 10 heteroatoms. The summed E-state index contributed by atoms with van der Waals surface area (Å²) in [5, 5.41) is 6.28. The number of carbonyl (C=O) groups is 2. The van der Waals surface area contributed by atoms with Gasteiger partial charge in [0.2, 0.25) is 0 Å². The molecule has 0 atom stereocenters. The summed E-state index contributed by atoms with van der Waals surface area (Å²) in [6, 6.07) is 13.3. The van der Waals surface area contributed by atoms with Gasteiger partial charge in [-0.05, 0) is 82.4 Å². The van der Waals surface area contributed by atoms with E-state index in [0.717, 1.165) is 74.1 Å². The van der Waals surface area contributed by atoms with E-state index in [1.54, 1.807) is 4.90 Å². The molecule has 2 aromatic carbocycles. The Hall–Kier alpha value is -3.50. The van der Waals surface area contributed by atoms with Crippen LogP contribution in [-0.4, -0.2) is 102 Å². The molecule has 0 aliphatic carbocycles. The second-order valence-corrected chi connectivity index (χ2v) is 12.7. The number of amides is 1.